The number of nitro groups is 1. The molecule has 3 aromatic rings. The molecule has 0 atom stereocenters. The van der Waals surface area contributed by atoms with E-state index in [-0.39, 0.29) is 18.2 Å². The number of para-hydroxylation sites is 2. The summed E-state index contributed by atoms with van der Waals surface area (Å²) in [6.07, 6.45) is 1.65. The molecule has 0 unspecified atom stereocenters. The highest BCUT2D eigenvalue weighted by atomic mass is 79.9. The van der Waals surface area contributed by atoms with Crippen molar-refractivity contribution in [1.29, 1.82) is 0 Å². The number of hydrazone groups is 1. The molecule has 0 aliphatic carbocycles. The zero-order valence-corrected chi connectivity index (χ0v) is 22.7. The second-order valence-corrected chi connectivity index (χ2v) is 9.06. The van der Waals surface area contributed by atoms with Crippen molar-refractivity contribution in [1.82, 2.24) is 0 Å². The monoisotopic (exact) mass is 594 g/mol. The summed E-state index contributed by atoms with van der Waals surface area (Å²) in [6.45, 7) is 1.40. The van der Waals surface area contributed by atoms with E-state index in [0.29, 0.717) is 49.9 Å². The Kier molecular flexibility index (Phi) is 8.25. The molecular weight excluding hydrogens is 572 g/mol. The summed E-state index contributed by atoms with van der Waals surface area (Å²) in [7, 11) is 2.98. The molecule has 1 aliphatic heterocycles. The van der Waals surface area contributed by atoms with Gasteiger partial charge in [0.15, 0.2) is 18.1 Å². The van der Waals surface area contributed by atoms with E-state index >= 15 is 0 Å². The van der Waals surface area contributed by atoms with Gasteiger partial charge in [-0.3, -0.25) is 19.7 Å². The summed E-state index contributed by atoms with van der Waals surface area (Å²) in [5, 5.41) is 19.2. The maximum Gasteiger partial charge on any atom is 0.280 e. The Morgan fingerprint density at radius 1 is 1.10 bits per heavy atom. The van der Waals surface area contributed by atoms with Gasteiger partial charge in [0, 0.05) is 12.1 Å². The summed E-state index contributed by atoms with van der Waals surface area (Å²) >= 11 is 3.46. The Balaban J connectivity index is 1.50. The number of methoxy groups -OCH3 is 2. The predicted molar refractivity (Wildman–Crippen MR) is 149 cm³/mol. The third-order valence-electron chi connectivity index (χ3n) is 5.66. The standard InChI is InChI=1S/C27H23BrN4O7/c1-16-20(27(34)31(30-16)18-8-10-19(11-9-18)32(35)36)12-17-13-21(28)26(24(14-17)38-3)39-15-25(33)29-22-6-4-5-7-23(22)37-2/h4-14H,15H2,1-3H3,(H,29,33)/b20-12+. The molecule has 1 heterocycles. The topological polar surface area (TPSA) is 133 Å². The van der Waals surface area contributed by atoms with Crippen LogP contribution in [0.1, 0.15) is 12.5 Å². The van der Waals surface area contributed by atoms with Crippen molar-refractivity contribution in [2.24, 2.45) is 5.10 Å². The Morgan fingerprint density at radius 3 is 2.46 bits per heavy atom. The summed E-state index contributed by atoms with van der Waals surface area (Å²) in [5.41, 5.74) is 2.27. The fourth-order valence-electron chi connectivity index (χ4n) is 3.78. The fourth-order valence-corrected chi connectivity index (χ4v) is 4.35. The van der Waals surface area contributed by atoms with E-state index in [1.165, 1.54) is 43.5 Å². The number of ether oxygens (including phenoxy) is 3. The van der Waals surface area contributed by atoms with E-state index in [9.17, 15) is 19.7 Å². The molecule has 39 heavy (non-hydrogen) atoms. The third kappa shape index (κ3) is 6.07. The van der Waals surface area contributed by atoms with Gasteiger partial charge in [-0.15, -0.1) is 0 Å². The minimum Gasteiger partial charge on any atom is -0.495 e. The fraction of sp³-hybridized carbons (Fsp3) is 0.148. The Bertz CT molecular complexity index is 1500. The van der Waals surface area contributed by atoms with Crippen LogP contribution < -0.4 is 24.5 Å². The number of amides is 2. The number of nitro benzene ring substituents is 1. The lowest BCUT2D eigenvalue weighted by Gasteiger charge is -2.14. The van der Waals surface area contributed by atoms with Gasteiger partial charge >= 0.3 is 0 Å². The average Bonchev–Trinajstić information content (AvgIpc) is 3.20. The second-order valence-electron chi connectivity index (χ2n) is 8.21. The van der Waals surface area contributed by atoms with Crippen LogP contribution in [0.5, 0.6) is 17.2 Å². The number of nitrogens with one attached hydrogen (secondary N) is 1. The SMILES string of the molecule is COc1ccccc1NC(=O)COc1c(Br)cc(/C=C2/C(=O)N(c3ccc([N+](=O)[O-])cc3)N=C2C)cc1OC. The van der Waals surface area contributed by atoms with Gasteiger partial charge < -0.3 is 19.5 Å². The molecule has 2 amide bonds. The van der Waals surface area contributed by atoms with E-state index in [1.807, 2.05) is 0 Å². The molecule has 4 rings (SSSR count). The lowest BCUT2D eigenvalue weighted by molar-refractivity contribution is -0.384. The number of carbonyl (C=O) groups is 2. The predicted octanol–water partition coefficient (Wildman–Crippen LogP) is 5.20. The molecule has 0 saturated heterocycles. The van der Waals surface area contributed by atoms with Gasteiger partial charge in [0.2, 0.25) is 0 Å². The highest BCUT2D eigenvalue weighted by Gasteiger charge is 2.29. The van der Waals surface area contributed by atoms with Crippen LogP contribution in [0.25, 0.3) is 6.08 Å². The molecule has 12 heteroatoms. The molecule has 0 bridgehead atoms. The van der Waals surface area contributed by atoms with Crippen LogP contribution in [0.2, 0.25) is 0 Å². The van der Waals surface area contributed by atoms with Crippen LogP contribution >= 0.6 is 15.9 Å². The molecule has 0 aromatic heterocycles. The normalized spacial score (nSPS) is 13.7. The van der Waals surface area contributed by atoms with E-state index in [4.69, 9.17) is 14.2 Å². The molecule has 0 saturated carbocycles. The molecular formula is C27H23BrN4O7. The number of halogens is 1. The molecule has 0 radical (unpaired) electrons. The summed E-state index contributed by atoms with van der Waals surface area (Å²) in [4.78, 5) is 36.0. The van der Waals surface area contributed by atoms with Crippen LogP contribution in [0.4, 0.5) is 17.1 Å². The van der Waals surface area contributed by atoms with Crippen molar-refractivity contribution >= 4 is 56.6 Å². The van der Waals surface area contributed by atoms with Gasteiger partial charge in [-0.2, -0.15) is 10.1 Å². The minimum absolute atomic E-state index is 0.0848. The van der Waals surface area contributed by atoms with Gasteiger partial charge in [0.25, 0.3) is 17.5 Å². The number of rotatable bonds is 9. The zero-order valence-electron chi connectivity index (χ0n) is 21.1. The molecule has 1 aliphatic rings. The van der Waals surface area contributed by atoms with Crippen molar-refractivity contribution in [2.45, 2.75) is 6.92 Å². The lowest BCUT2D eigenvalue weighted by atomic mass is 10.1. The van der Waals surface area contributed by atoms with E-state index in [2.05, 4.69) is 26.3 Å². The van der Waals surface area contributed by atoms with Crippen LogP contribution in [0.3, 0.4) is 0 Å². The van der Waals surface area contributed by atoms with Crippen molar-refractivity contribution in [3.8, 4) is 17.2 Å². The minimum atomic E-state index is -0.513. The van der Waals surface area contributed by atoms with Crippen molar-refractivity contribution in [3.05, 3.63) is 86.4 Å². The van der Waals surface area contributed by atoms with E-state index in [0.717, 1.165) is 0 Å². The average molecular weight is 595 g/mol. The number of nitrogens with zero attached hydrogens (tertiary/aromatic N) is 3. The maximum atomic E-state index is 13.1. The highest BCUT2D eigenvalue weighted by molar-refractivity contribution is 9.10. The molecule has 1 N–H and O–H groups in total. The third-order valence-corrected chi connectivity index (χ3v) is 6.25. The van der Waals surface area contributed by atoms with Crippen LogP contribution in [-0.2, 0) is 9.59 Å². The van der Waals surface area contributed by atoms with Crippen LogP contribution in [-0.4, -0.2) is 43.3 Å². The number of benzene rings is 3. The highest BCUT2D eigenvalue weighted by Crippen LogP contribution is 2.38. The summed E-state index contributed by atoms with van der Waals surface area (Å²) in [6, 6.07) is 16.0. The first-order valence-electron chi connectivity index (χ1n) is 11.5. The van der Waals surface area contributed by atoms with E-state index in [1.54, 1.807) is 49.4 Å². The number of non-ortho nitro benzene ring substituents is 1. The first kappa shape index (κ1) is 27.3. The molecule has 200 valence electrons. The molecule has 0 fully saturated rings. The maximum absolute atomic E-state index is 13.1. The van der Waals surface area contributed by atoms with Gasteiger partial charge in [0.05, 0.1) is 46.3 Å². The first-order chi connectivity index (χ1) is 18.7. The second kappa shape index (κ2) is 11.8. The molecule has 0 spiro atoms. The van der Waals surface area contributed by atoms with Gasteiger partial charge in [-0.05, 0) is 70.9 Å². The number of carbonyl (C=O) groups excluding carboxylic acids is 2. The van der Waals surface area contributed by atoms with Gasteiger partial charge in [-0.1, -0.05) is 12.1 Å². The number of hydrogen-bond acceptors (Lipinski definition) is 8. The van der Waals surface area contributed by atoms with Crippen molar-refractivity contribution in [3.63, 3.8) is 0 Å². The van der Waals surface area contributed by atoms with Gasteiger partial charge in [0.1, 0.15) is 5.75 Å². The lowest BCUT2D eigenvalue weighted by Crippen LogP contribution is -2.21. The van der Waals surface area contributed by atoms with Gasteiger partial charge in [-0.25, -0.2) is 0 Å². The molecule has 3 aromatic carbocycles. The zero-order chi connectivity index (χ0) is 28.1. The van der Waals surface area contributed by atoms with Crippen molar-refractivity contribution in [2.75, 3.05) is 31.2 Å². The van der Waals surface area contributed by atoms with Crippen LogP contribution in [0.15, 0.2) is 75.8 Å². The Labute approximate surface area is 231 Å². The molecule has 11 nitrogen and oxygen atoms in total. The smallest absolute Gasteiger partial charge is 0.280 e. The first-order valence-corrected chi connectivity index (χ1v) is 12.3. The quantitative estimate of drug-likeness (QED) is 0.204. The Hall–Kier alpha value is -4.71. The van der Waals surface area contributed by atoms with Crippen LogP contribution in [0, 0.1) is 10.1 Å². The largest absolute Gasteiger partial charge is 0.495 e. The summed E-state index contributed by atoms with van der Waals surface area (Å²) in [5.74, 6) is 0.396. The van der Waals surface area contributed by atoms with E-state index < -0.39 is 10.8 Å². The van der Waals surface area contributed by atoms with Crippen molar-refractivity contribution < 1.29 is 28.7 Å². The number of hydrogen-bond donors (Lipinski definition) is 1. The Morgan fingerprint density at radius 2 is 1.79 bits per heavy atom. The summed E-state index contributed by atoms with van der Waals surface area (Å²) < 4.78 is 17.0. The number of anilines is 2.